The molecule has 0 saturated heterocycles. The van der Waals surface area contributed by atoms with Gasteiger partial charge in [-0.15, -0.1) is 0 Å². The Labute approximate surface area is 153 Å². The molecule has 140 valence electrons. The third-order valence-electron chi connectivity index (χ3n) is 4.27. The molecule has 2 aromatic carbocycles. The van der Waals surface area contributed by atoms with Gasteiger partial charge in [-0.25, -0.2) is 4.63 Å². The first-order valence-corrected chi connectivity index (χ1v) is 7.86. The molecule has 1 aromatic heterocycles. The SMILES string of the molecule is COc1ccc(C(C(=O)O)C(C(=O)O)c2ccc3nonc3c2)cc1OC. The summed E-state index contributed by atoms with van der Waals surface area (Å²) in [6.07, 6.45) is 0. The van der Waals surface area contributed by atoms with E-state index in [1.165, 1.54) is 50.6 Å². The van der Waals surface area contributed by atoms with Gasteiger partial charge in [-0.3, -0.25) is 9.59 Å². The summed E-state index contributed by atoms with van der Waals surface area (Å²) in [7, 11) is 2.87. The van der Waals surface area contributed by atoms with E-state index in [9.17, 15) is 19.8 Å². The largest absolute Gasteiger partial charge is 0.493 e. The summed E-state index contributed by atoms with van der Waals surface area (Å²) in [5.41, 5.74) is 1.33. The zero-order chi connectivity index (χ0) is 19.6. The summed E-state index contributed by atoms with van der Waals surface area (Å²) >= 11 is 0. The molecule has 27 heavy (non-hydrogen) atoms. The average molecular weight is 372 g/mol. The van der Waals surface area contributed by atoms with Crippen molar-refractivity contribution in [2.24, 2.45) is 0 Å². The van der Waals surface area contributed by atoms with Crippen LogP contribution in [-0.2, 0) is 9.59 Å². The average Bonchev–Trinajstić information content (AvgIpc) is 3.12. The van der Waals surface area contributed by atoms with Crippen molar-refractivity contribution < 1.29 is 33.9 Å². The smallest absolute Gasteiger partial charge is 0.312 e. The lowest BCUT2D eigenvalue weighted by Crippen LogP contribution is -2.26. The molecule has 0 amide bonds. The van der Waals surface area contributed by atoms with Crippen LogP contribution in [0.2, 0.25) is 0 Å². The number of benzene rings is 2. The minimum absolute atomic E-state index is 0.269. The molecular weight excluding hydrogens is 356 g/mol. The number of fused-ring (bicyclic) bond motifs is 1. The molecule has 2 atom stereocenters. The van der Waals surface area contributed by atoms with Crippen LogP contribution >= 0.6 is 0 Å². The highest BCUT2D eigenvalue weighted by atomic mass is 16.6. The fraction of sp³-hybridized carbons (Fsp3) is 0.222. The summed E-state index contributed by atoms with van der Waals surface area (Å²) in [4.78, 5) is 24.0. The zero-order valence-electron chi connectivity index (χ0n) is 14.4. The molecule has 0 aliphatic carbocycles. The first kappa shape index (κ1) is 18.2. The fourth-order valence-electron chi connectivity index (χ4n) is 2.99. The van der Waals surface area contributed by atoms with Crippen LogP contribution in [0.15, 0.2) is 41.0 Å². The number of carboxylic acids is 2. The molecule has 0 radical (unpaired) electrons. The molecule has 0 aliphatic rings. The van der Waals surface area contributed by atoms with Gasteiger partial charge in [-0.1, -0.05) is 12.1 Å². The highest BCUT2D eigenvalue weighted by molar-refractivity contribution is 5.89. The number of hydrogen-bond acceptors (Lipinski definition) is 7. The molecule has 2 N–H and O–H groups in total. The van der Waals surface area contributed by atoms with Crippen LogP contribution in [0.4, 0.5) is 0 Å². The summed E-state index contributed by atoms with van der Waals surface area (Å²) in [5, 5.41) is 26.9. The number of hydrogen-bond donors (Lipinski definition) is 2. The maximum Gasteiger partial charge on any atom is 0.312 e. The second-order valence-corrected chi connectivity index (χ2v) is 5.76. The van der Waals surface area contributed by atoms with Gasteiger partial charge in [-0.2, -0.15) is 0 Å². The number of methoxy groups -OCH3 is 2. The lowest BCUT2D eigenvalue weighted by molar-refractivity contribution is -0.147. The number of nitrogens with zero attached hydrogens (tertiary/aromatic N) is 2. The second-order valence-electron chi connectivity index (χ2n) is 5.76. The highest BCUT2D eigenvalue weighted by Gasteiger charge is 2.37. The molecule has 0 aliphatic heterocycles. The molecule has 0 spiro atoms. The topological polar surface area (TPSA) is 132 Å². The first-order chi connectivity index (χ1) is 13.0. The van der Waals surface area contributed by atoms with Gasteiger partial charge in [0.15, 0.2) is 11.5 Å². The first-order valence-electron chi connectivity index (χ1n) is 7.86. The molecule has 0 saturated carbocycles. The number of aromatic nitrogens is 2. The van der Waals surface area contributed by atoms with E-state index in [0.717, 1.165) is 0 Å². The lowest BCUT2D eigenvalue weighted by atomic mass is 9.81. The van der Waals surface area contributed by atoms with E-state index in [0.29, 0.717) is 22.5 Å². The number of aliphatic carboxylic acids is 2. The quantitative estimate of drug-likeness (QED) is 0.641. The monoisotopic (exact) mass is 372 g/mol. The van der Waals surface area contributed by atoms with Crippen LogP contribution in [0.25, 0.3) is 11.0 Å². The van der Waals surface area contributed by atoms with Gasteiger partial charge < -0.3 is 19.7 Å². The van der Waals surface area contributed by atoms with Crippen molar-refractivity contribution in [3.05, 3.63) is 47.5 Å². The Morgan fingerprint density at radius 1 is 0.852 bits per heavy atom. The Kier molecular flexibility index (Phi) is 4.93. The number of carbonyl (C=O) groups is 2. The van der Waals surface area contributed by atoms with Crippen LogP contribution in [-0.4, -0.2) is 46.7 Å². The van der Waals surface area contributed by atoms with E-state index in [1.54, 1.807) is 0 Å². The molecule has 0 fully saturated rings. The predicted octanol–water partition coefficient (Wildman–Crippen LogP) is 2.28. The van der Waals surface area contributed by atoms with Gasteiger partial charge >= 0.3 is 11.9 Å². The molecular formula is C18H16N2O7. The number of carboxylic acid groups (broad SMARTS) is 2. The number of ether oxygens (including phenoxy) is 2. The minimum Gasteiger partial charge on any atom is -0.493 e. The van der Waals surface area contributed by atoms with Crippen molar-refractivity contribution in [2.45, 2.75) is 11.8 Å². The van der Waals surface area contributed by atoms with Crippen LogP contribution < -0.4 is 9.47 Å². The molecule has 1 heterocycles. The van der Waals surface area contributed by atoms with Crippen LogP contribution in [0, 0.1) is 0 Å². The summed E-state index contributed by atoms with van der Waals surface area (Å²) < 4.78 is 15.0. The lowest BCUT2D eigenvalue weighted by Gasteiger charge is -2.22. The molecule has 9 heteroatoms. The van der Waals surface area contributed by atoms with Crippen molar-refractivity contribution in [1.29, 1.82) is 0 Å². The highest BCUT2D eigenvalue weighted by Crippen LogP contribution is 2.38. The van der Waals surface area contributed by atoms with Crippen molar-refractivity contribution in [3.8, 4) is 11.5 Å². The van der Waals surface area contributed by atoms with Gasteiger partial charge in [0.2, 0.25) is 0 Å². The van der Waals surface area contributed by atoms with E-state index < -0.39 is 23.8 Å². The second kappa shape index (κ2) is 7.32. The van der Waals surface area contributed by atoms with E-state index in [4.69, 9.17) is 9.47 Å². The fourth-order valence-corrected chi connectivity index (χ4v) is 2.99. The normalized spacial score (nSPS) is 13.1. The van der Waals surface area contributed by atoms with Crippen molar-refractivity contribution >= 4 is 23.0 Å². The molecule has 9 nitrogen and oxygen atoms in total. The van der Waals surface area contributed by atoms with Gasteiger partial charge in [0.25, 0.3) is 0 Å². The van der Waals surface area contributed by atoms with Crippen LogP contribution in [0.5, 0.6) is 11.5 Å². The number of rotatable bonds is 7. The van der Waals surface area contributed by atoms with E-state index in [2.05, 4.69) is 14.9 Å². The predicted molar refractivity (Wildman–Crippen MR) is 92.1 cm³/mol. The van der Waals surface area contributed by atoms with Crippen molar-refractivity contribution in [2.75, 3.05) is 14.2 Å². The minimum atomic E-state index is -1.36. The Hall–Kier alpha value is -3.62. The molecule has 3 aromatic rings. The van der Waals surface area contributed by atoms with Gasteiger partial charge in [-0.05, 0) is 45.7 Å². The van der Waals surface area contributed by atoms with Crippen LogP contribution in [0.3, 0.4) is 0 Å². The molecule has 2 unspecified atom stereocenters. The Morgan fingerprint density at radius 2 is 1.41 bits per heavy atom. The van der Waals surface area contributed by atoms with Gasteiger partial charge in [0.05, 0.1) is 26.1 Å². The van der Waals surface area contributed by atoms with E-state index >= 15 is 0 Å². The summed E-state index contributed by atoms with van der Waals surface area (Å²) in [6, 6.07) is 9.00. The van der Waals surface area contributed by atoms with Crippen molar-refractivity contribution in [1.82, 2.24) is 10.3 Å². The molecule has 0 bridgehead atoms. The van der Waals surface area contributed by atoms with E-state index in [1.807, 2.05) is 0 Å². The van der Waals surface area contributed by atoms with Crippen LogP contribution in [0.1, 0.15) is 23.0 Å². The van der Waals surface area contributed by atoms with Crippen molar-refractivity contribution in [3.63, 3.8) is 0 Å². The zero-order valence-corrected chi connectivity index (χ0v) is 14.4. The van der Waals surface area contributed by atoms with E-state index in [-0.39, 0.29) is 11.1 Å². The summed E-state index contributed by atoms with van der Waals surface area (Å²) in [6.45, 7) is 0. The third-order valence-corrected chi connectivity index (χ3v) is 4.27. The molecule has 3 rings (SSSR count). The Balaban J connectivity index is 2.12. The Morgan fingerprint density at radius 3 is 2.00 bits per heavy atom. The summed E-state index contributed by atoms with van der Waals surface area (Å²) in [5.74, 6) is -4.57. The maximum atomic E-state index is 12.0. The standard InChI is InChI=1S/C18H16N2O7/c1-25-13-6-4-10(8-14(13)26-2)16(18(23)24)15(17(21)22)9-3-5-11-12(7-9)20-27-19-11/h3-8,15-16H,1-2H3,(H,21,22)(H,23,24). The third kappa shape index (κ3) is 3.39. The van der Waals surface area contributed by atoms with Gasteiger partial charge in [0, 0.05) is 0 Å². The maximum absolute atomic E-state index is 12.0. The Bertz CT molecular complexity index is 998. The van der Waals surface area contributed by atoms with Gasteiger partial charge in [0.1, 0.15) is 11.0 Å².